The highest BCUT2D eigenvalue weighted by Crippen LogP contribution is 2.48. The maximum absolute atomic E-state index is 12.8. The molecule has 2 fully saturated rings. The van der Waals surface area contributed by atoms with E-state index in [9.17, 15) is 9.59 Å². The fraction of sp³-hybridized carbons (Fsp3) is 0.750. The van der Waals surface area contributed by atoms with E-state index in [1.807, 2.05) is 0 Å². The predicted octanol–water partition coefficient (Wildman–Crippen LogP) is 4.65. The maximum Gasteiger partial charge on any atom is 0.341 e. The lowest BCUT2D eigenvalue weighted by molar-refractivity contribution is -0.154. The van der Waals surface area contributed by atoms with Crippen molar-refractivity contribution in [1.82, 2.24) is 0 Å². The van der Waals surface area contributed by atoms with E-state index in [-0.39, 0.29) is 12.2 Å². The highest BCUT2D eigenvalue weighted by Gasteiger charge is 2.46. The molecule has 5 heteroatoms. The Kier molecular flexibility index (Phi) is 6.55. The zero-order valence-electron chi connectivity index (χ0n) is 17.8. The summed E-state index contributed by atoms with van der Waals surface area (Å²) in [7, 11) is 0. The molecule has 0 aromatic carbocycles. The summed E-state index contributed by atoms with van der Waals surface area (Å²) in [4.78, 5) is 25.5. The molecule has 0 N–H and O–H groups in total. The van der Waals surface area contributed by atoms with E-state index in [0.717, 1.165) is 75.7 Å². The van der Waals surface area contributed by atoms with Crippen molar-refractivity contribution >= 4 is 11.9 Å². The molecule has 0 aliphatic heterocycles. The Balaban J connectivity index is 1.38. The summed E-state index contributed by atoms with van der Waals surface area (Å²) < 4.78 is 17.4. The van der Waals surface area contributed by atoms with E-state index in [0.29, 0.717) is 35.8 Å². The summed E-state index contributed by atoms with van der Waals surface area (Å²) in [5, 5.41) is 0. The van der Waals surface area contributed by atoms with Crippen molar-refractivity contribution in [2.24, 2.45) is 11.8 Å². The van der Waals surface area contributed by atoms with Crippen molar-refractivity contribution in [2.45, 2.75) is 90.3 Å². The molecule has 4 unspecified atom stereocenters. The van der Waals surface area contributed by atoms with Gasteiger partial charge in [0.25, 0.3) is 0 Å². The topological polar surface area (TPSA) is 61.8 Å². The number of carbonyl (C=O) groups excluding carboxylic acids is 2. The third-order valence-corrected chi connectivity index (χ3v) is 7.09. The smallest absolute Gasteiger partial charge is 0.341 e. The van der Waals surface area contributed by atoms with Crippen LogP contribution in [0.2, 0.25) is 0 Å². The van der Waals surface area contributed by atoms with Gasteiger partial charge in [-0.05, 0) is 74.3 Å². The van der Waals surface area contributed by atoms with E-state index in [4.69, 9.17) is 14.2 Å². The molecule has 0 amide bonds. The van der Waals surface area contributed by atoms with Gasteiger partial charge in [-0.15, -0.1) is 0 Å². The largest absolute Gasteiger partial charge is 0.386 e. The predicted molar refractivity (Wildman–Crippen MR) is 109 cm³/mol. The van der Waals surface area contributed by atoms with Crippen molar-refractivity contribution < 1.29 is 23.8 Å². The minimum absolute atomic E-state index is 0.0556. The molecule has 5 nitrogen and oxygen atoms in total. The van der Waals surface area contributed by atoms with Gasteiger partial charge in [-0.3, -0.25) is 0 Å². The third kappa shape index (κ3) is 4.09. The van der Waals surface area contributed by atoms with Gasteiger partial charge in [-0.2, -0.15) is 0 Å². The SMILES string of the molecule is CCCCOC1C2=C(C(=O)OC(=O)C3=C4CCC(C3)C4OCCCC)CC1CC2. The number of fused-ring (bicyclic) bond motifs is 4. The van der Waals surface area contributed by atoms with Crippen LogP contribution in [0.15, 0.2) is 22.3 Å². The number of hydrogen-bond donors (Lipinski definition) is 0. The quantitative estimate of drug-likeness (QED) is 0.302. The average Bonchev–Trinajstić information content (AvgIpc) is 3.48. The van der Waals surface area contributed by atoms with Crippen molar-refractivity contribution in [2.75, 3.05) is 13.2 Å². The molecule has 4 aliphatic rings. The number of rotatable bonds is 10. The van der Waals surface area contributed by atoms with Crippen LogP contribution >= 0.6 is 0 Å². The van der Waals surface area contributed by atoms with Gasteiger partial charge >= 0.3 is 11.9 Å². The second-order valence-electron chi connectivity index (χ2n) is 8.98. The molecule has 0 aromatic rings. The average molecular weight is 403 g/mol. The van der Waals surface area contributed by atoms with Crippen molar-refractivity contribution in [3.63, 3.8) is 0 Å². The molecule has 0 heterocycles. The Labute approximate surface area is 173 Å². The van der Waals surface area contributed by atoms with Crippen LogP contribution in [0.5, 0.6) is 0 Å². The zero-order valence-corrected chi connectivity index (χ0v) is 17.8. The summed E-state index contributed by atoms with van der Waals surface area (Å²) in [6.45, 7) is 5.76. The molecule has 0 spiro atoms. The highest BCUT2D eigenvalue weighted by atomic mass is 16.6. The van der Waals surface area contributed by atoms with Crippen LogP contribution in [0.25, 0.3) is 0 Å². The van der Waals surface area contributed by atoms with Crippen LogP contribution in [0.3, 0.4) is 0 Å². The lowest BCUT2D eigenvalue weighted by Crippen LogP contribution is -2.18. The molecule has 0 saturated heterocycles. The Morgan fingerprint density at radius 1 is 0.793 bits per heavy atom. The molecule has 4 bridgehead atoms. The lowest BCUT2D eigenvalue weighted by atomic mass is 9.98. The van der Waals surface area contributed by atoms with Gasteiger partial charge in [0.05, 0.1) is 12.2 Å². The Morgan fingerprint density at radius 2 is 1.24 bits per heavy atom. The fourth-order valence-electron chi connectivity index (χ4n) is 5.51. The van der Waals surface area contributed by atoms with E-state index in [1.54, 1.807) is 0 Å². The van der Waals surface area contributed by atoms with E-state index >= 15 is 0 Å². The zero-order chi connectivity index (χ0) is 20.4. The minimum Gasteiger partial charge on any atom is -0.386 e. The first-order valence-electron chi connectivity index (χ1n) is 11.6. The van der Waals surface area contributed by atoms with Crippen molar-refractivity contribution in [3.8, 4) is 0 Å². The Bertz CT molecular complexity index is 659. The highest BCUT2D eigenvalue weighted by molar-refractivity contribution is 6.03. The van der Waals surface area contributed by atoms with Gasteiger partial charge in [-0.1, -0.05) is 26.7 Å². The van der Waals surface area contributed by atoms with Gasteiger partial charge in [0.2, 0.25) is 0 Å². The number of unbranched alkanes of at least 4 members (excludes halogenated alkanes) is 2. The normalized spacial score (nSPS) is 30.0. The summed E-state index contributed by atoms with van der Waals surface area (Å²) >= 11 is 0. The molecular formula is C24H34O5. The van der Waals surface area contributed by atoms with Crippen LogP contribution in [0.1, 0.15) is 78.1 Å². The van der Waals surface area contributed by atoms with E-state index in [1.165, 1.54) is 0 Å². The minimum atomic E-state index is -0.449. The Morgan fingerprint density at radius 3 is 1.66 bits per heavy atom. The first-order chi connectivity index (χ1) is 14.1. The molecule has 160 valence electrons. The molecule has 4 atom stereocenters. The summed E-state index contributed by atoms with van der Waals surface area (Å²) in [5.74, 6) is -0.146. The van der Waals surface area contributed by atoms with Gasteiger partial charge in [0.15, 0.2) is 0 Å². The van der Waals surface area contributed by atoms with Crippen LogP contribution in [-0.4, -0.2) is 37.4 Å². The van der Waals surface area contributed by atoms with Gasteiger partial charge in [0.1, 0.15) is 0 Å². The Hall–Kier alpha value is -1.46. The first-order valence-corrected chi connectivity index (χ1v) is 11.6. The second kappa shape index (κ2) is 9.13. The molecule has 0 aromatic heterocycles. The van der Waals surface area contributed by atoms with Gasteiger partial charge < -0.3 is 14.2 Å². The fourth-order valence-corrected chi connectivity index (χ4v) is 5.51. The van der Waals surface area contributed by atoms with Gasteiger partial charge in [0, 0.05) is 24.4 Å². The molecule has 4 aliphatic carbocycles. The first kappa shape index (κ1) is 20.8. The van der Waals surface area contributed by atoms with Crippen molar-refractivity contribution in [1.29, 1.82) is 0 Å². The van der Waals surface area contributed by atoms with Crippen LogP contribution in [0.4, 0.5) is 0 Å². The molecule has 0 radical (unpaired) electrons. The number of esters is 2. The van der Waals surface area contributed by atoms with Gasteiger partial charge in [-0.25, -0.2) is 9.59 Å². The molecule has 4 rings (SSSR count). The molecule has 29 heavy (non-hydrogen) atoms. The summed E-state index contributed by atoms with van der Waals surface area (Å²) in [6, 6.07) is 0. The van der Waals surface area contributed by atoms with E-state index in [2.05, 4.69) is 13.8 Å². The standard InChI is InChI=1S/C24H34O5/c1-3-5-11-27-21-15-7-9-17(21)19(13-15)23(25)29-24(26)20-14-16-8-10-18(20)22(16)28-12-6-4-2/h15-16,21-22H,3-14H2,1-2H3. The summed E-state index contributed by atoms with van der Waals surface area (Å²) in [5.41, 5.74) is 3.55. The number of carbonyl (C=O) groups is 2. The van der Waals surface area contributed by atoms with Crippen LogP contribution < -0.4 is 0 Å². The molecular weight excluding hydrogens is 368 g/mol. The summed E-state index contributed by atoms with van der Waals surface area (Å²) in [6.07, 6.45) is 9.69. The van der Waals surface area contributed by atoms with Crippen LogP contribution in [-0.2, 0) is 23.8 Å². The monoisotopic (exact) mass is 402 g/mol. The van der Waals surface area contributed by atoms with Crippen LogP contribution in [0, 0.1) is 11.8 Å². The molecule has 2 saturated carbocycles. The second-order valence-corrected chi connectivity index (χ2v) is 8.98. The lowest BCUT2D eigenvalue weighted by Gasteiger charge is -2.14. The maximum atomic E-state index is 12.8. The number of hydrogen-bond acceptors (Lipinski definition) is 5. The van der Waals surface area contributed by atoms with Crippen molar-refractivity contribution in [3.05, 3.63) is 22.3 Å². The number of ether oxygens (including phenoxy) is 3. The van der Waals surface area contributed by atoms with E-state index < -0.39 is 11.9 Å². The third-order valence-electron chi connectivity index (χ3n) is 7.09.